The first-order valence-electron chi connectivity index (χ1n) is 5.62. The Morgan fingerprint density at radius 3 is 2.73 bits per heavy atom. The van der Waals surface area contributed by atoms with Crippen LogP contribution in [0.4, 0.5) is 0 Å². The molecule has 0 saturated heterocycles. The van der Waals surface area contributed by atoms with Gasteiger partial charge >= 0.3 is 0 Å². The molecule has 2 atom stereocenters. The van der Waals surface area contributed by atoms with Crippen molar-refractivity contribution in [1.82, 2.24) is 9.88 Å². The minimum absolute atomic E-state index is 0.358. The lowest BCUT2D eigenvalue weighted by molar-refractivity contribution is 0.220. The lowest BCUT2D eigenvalue weighted by atomic mass is 10.1. The second kappa shape index (κ2) is 4.73. The van der Waals surface area contributed by atoms with Gasteiger partial charge in [0, 0.05) is 31.0 Å². The van der Waals surface area contributed by atoms with Crippen LogP contribution in [-0.2, 0) is 6.54 Å². The summed E-state index contributed by atoms with van der Waals surface area (Å²) < 4.78 is 0. The minimum Gasteiger partial charge on any atom is -0.326 e. The van der Waals surface area contributed by atoms with Crippen molar-refractivity contribution in [2.45, 2.75) is 37.9 Å². The molecule has 15 heavy (non-hydrogen) atoms. The van der Waals surface area contributed by atoms with E-state index in [0.29, 0.717) is 12.1 Å². The van der Waals surface area contributed by atoms with Crippen LogP contribution in [0, 0.1) is 0 Å². The monoisotopic (exact) mass is 205 g/mol. The van der Waals surface area contributed by atoms with Crippen molar-refractivity contribution in [1.29, 1.82) is 0 Å². The fourth-order valence-corrected chi connectivity index (χ4v) is 2.41. The van der Waals surface area contributed by atoms with Gasteiger partial charge in [0.15, 0.2) is 0 Å². The van der Waals surface area contributed by atoms with E-state index in [0.717, 1.165) is 6.54 Å². The smallest absolute Gasteiger partial charge is 0.0271 e. The molecule has 3 heteroatoms. The number of likely N-dealkylation sites (N-methyl/N-ethyl adjacent to an activating group) is 1. The fourth-order valence-electron chi connectivity index (χ4n) is 2.41. The molecule has 0 bridgehead atoms. The number of hydrogen-bond donors (Lipinski definition) is 1. The lowest BCUT2D eigenvalue weighted by Gasteiger charge is -2.27. The van der Waals surface area contributed by atoms with Crippen LogP contribution in [-0.4, -0.2) is 29.0 Å². The zero-order chi connectivity index (χ0) is 10.7. The molecule has 2 unspecified atom stereocenters. The Hall–Kier alpha value is -0.930. The normalized spacial score (nSPS) is 26.1. The first-order chi connectivity index (χ1) is 7.27. The summed E-state index contributed by atoms with van der Waals surface area (Å²) in [4.78, 5) is 6.39. The highest BCUT2D eigenvalue weighted by Gasteiger charge is 2.27. The highest BCUT2D eigenvalue weighted by Crippen LogP contribution is 2.22. The van der Waals surface area contributed by atoms with Crippen LogP contribution in [0.5, 0.6) is 0 Å². The van der Waals surface area contributed by atoms with Gasteiger partial charge in [0.25, 0.3) is 0 Å². The average Bonchev–Trinajstić information content (AvgIpc) is 2.66. The minimum atomic E-state index is 0.358. The molecule has 2 rings (SSSR count). The molecule has 1 aliphatic rings. The topological polar surface area (TPSA) is 42.2 Å². The van der Waals surface area contributed by atoms with Gasteiger partial charge in [-0.2, -0.15) is 0 Å². The van der Waals surface area contributed by atoms with Crippen LogP contribution in [0.1, 0.15) is 24.8 Å². The molecule has 1 saturated carbocycles. The number of pyridine rings is 1. The van der Waals surface area contributed by atoms with Gasteiger partial charge in [0.1, 0.15) is 0 Å². The lowest BCUT2D eigenvalue weighted by Crippen LogP contribution is -2.41. The highest BCUT2D eigenvalue weighted by molar-refractivity contribution is 5.09. The van der Waals surface area contributed by atoms with Gasteiger partial charge in [-0.25, -0.2) is 0 Å². The summed E-state index contributed by atoms with van der Waals surface area (Å²) in [7, 11) is 2.16. The maximum Gasteiger partial charge on any atom is 0.0271 e. The van der Waals surface area contributed by atoms with Crippen LogP contribution < -0.4 is 5.73 Å². The van der Waals surface area contributed by atoms with Crippen LogP contribution >= 0.6 is 0 Å². The molecule has 1 aliphatic carbocycles. The van der Waals surface area contributed by atoms with E-state index >= 15 is 0 Å². The van der Waals surface area contributed by atoms with Crippen LogP contribution in [0.25, 0.3) is 0 Å². The van der Waals surface area contributed by atoms with E-state index in [1.54, 1.807) is 0 Å². The van der Waals surface area contributed by atoms with Gasteiger partial charge in [-0.3, -0.25) is 9.88 Å². The van der Waals surface area contributed by atoms with E-state index in [9.17, 15) is 0 Å². The Kier molecular flexibility index (Phi) is 3.34. The van der Waals surface area contributed by atoms with Gasteiger partial charge < -0.3 is 5.73 Å². The number of aromatic nitrogens is 1. The summed E-state index contributed by atoms with van der Waals surface area (Å²) in [6.45, 7) is 0.973. The molecule has 1 aromatic heterocycles. The summed E-state index contributed by atoms with van der Waals surface area (Å²) in [6.07, 6.45) is 7.37. The molecule has 1 aromatic rings. The van der Waals surface area contributed by atoms with Crippen molar-refractivity contribution < 1.29 is 0 Å². The Bertz CT molecular complexity index is 299. The molecular formula is C12H19N3. The second-order valence-corrected chi connectivity index (χ2v) is 4.43. The second-order valence-electron chi connectivity index (χ2n) is 4.43. The average molecular weight is 205 g/mol. The highest BCUT2D eigenvalue weighted by atomic mass is 15.1. The first-order valence-corrected chi connectivity index (χ1v) is 5.62. The molecular weight excluding hydrogens is 186 g/mol. The number of rotatable bonds is 3. The summed E-state index contributed by atoms with van der Waals surface area (Å²) in [5.41, 5.74) is 7.39. The van der Waals surface area contributed by atoms with Crippen LogP contribution in [0.15, 0.2) is 24.5 Å². The Labute approximate surface area is 91.3 Å². The van der Waals surface area contributed by atoms with Crippen LogP contribution in [0.3, 0.4) is 0 Å². The molecule has 0 aromatic carbocycles. The molecule has 0 spiro atoms. The first kappa shape index (κ1) is 10.6. The van der Waals surface area contributed by atoms with E-state index in [4.69, 9.17) is 5.73 Å². The molecule has 0 radical (unpaired) electrons. The Morgan fingerprint density at radius 2 is 2.13 bits per heavy atom. The summed E-state index contributed by atoms with van der Waals surface area (Å²) in [6, 6.07) is 5.04. The molecule has 1 fully saturated rings. The van der Waals surface area contributed by atoms with Crippen molar-refractivity contribution >= 4 is 0 Å². The van der Waals surface area contributed by atoms with Gasteiger partial charge in [0.2, 0.25) is 0 Å². The third-order valence-corrected chi connectivity index (χ3v) is 3.28. The SMILES string of the molecule is CN(Cc1ccncc1)C1CCCC1N. The standard InChI is InChI=1S/C12H19N3/c1-15(12-4-2-3-11(12)13)9-10-5-7-14-8-6-10/h5-8,11-12H,2-4,9,13H2,1H3. The maximum absolute atomic E-state index is 6.08. The number of nitrogens with two attached hydrogens (primary N) is 1. The quantitative estimate of drug-likeness (QED) is 0.811. The van der Waals surface area contributed by atoms with E-state index in [-0.39, 0.29) is 0 Å². The molecule has 0 aliphatic heterocycles. The van der Waals surface area contributed by atoms with E-state index < -0.39 is 0 Å². The molecule has 0 amide bonds. The van der Waals surface area contributed by atoms with E-state index in [1.807, 2.05) is 12.4 Å². The van der Waals surface area contributed by atoms with Crippen molar-refractivity contribution in [2.75, 3.05) is 7.05 Å². The predicted molar refractivity (Wildman–Crippen MR) is 61.3 cm³/mol. The Morgan fingerprint density at radius 1 is 1.40 bits per heavy atom. The molecule has 3 nitrogen and oxygen atoms in total. The molecule has 1 heterocycles. The summed E-state index contributed by atoms with van der Waals surface area (Å²) in [5.74, 6) is 0. The van der Waals surface area contributed by atoms with E-state index in [1.165, 1.54) is 24.8 Å². The zero-order valence-corrected chi connectivity index (χ0v) is 9.26. The third kappa shape index (κ3) is 2.55. The van der Waals surface area contributed by atoms with Gasteiger partial charge in [-0.15, -0.1) is 0 Å². The maximum atomic E-state index is 6.08. The number of hydrogen-bond acceptors (Lipinski definition) is 3. The predicted octanol–water partition coefficient (Wildman–Crippen LogP) is 1.39. The molecule has 82 valence electrons. The van der Waals surface area contributed by atoms with Crippen molar-refractivity contribution in [2.24, 2.45) is 5.73 Å². The van der Waals surface area contributed by atoms with Gasteiger partial charge in [-0.05, 0) is 37.6 Å². The van der Waals surface area contributed by atoms with Gasteiger partial charge in [0.05, 0.1) is 0 Å². The van der Waals surface area contributed by atoms with Crippen molar-refractivity contribution in [3.8, 4) is 0 Å². The zero-order valence-electron chi connectivity index (χ0n) is 9.26. The number of nitrogens with zero attached hydrogens (tertiary/aromatic N) is 2. The van der Waals surface area contributed by atoms with Crippen molar-refractivity contribution in [3.05, 3.63) is 30.1 Å². The Balaban J connectivity index is 1.94. The third-order valence-electron chi connectivity index (χ3n) is 3.28. The largest absolute Gasteiger partial charge is 0.326 e. The van der Waals surface area contributed by atoms with Crippen molar-refractivity contribution in [3.63, 3.8) is 0 Å². The van der Waals surface area contributed by atoms with Crippen LogP contribution in [0.2, 0.25) is 0 Å². The summed E-state index contributed by atoms with van der Waals surface area (Å²) >= 11 is 0. The fraction of sp³-hybridized carbons (Fsp3) is 0.583. The molecule has 2 N–H and O–H groups in total. The summed E-state index contributed by atoms with van der Waals surface area (Å²) in [5, 5.41) is 0. The van der Waals surface area contributed by atoms with Gasteiger partial charge in [-0.1, -0.05) is 6.42 Å². The van der Waals surface area contributed by atoms with E-state index in [2.05, 4.69) is 29.1 Å².